The van der Waals surface area contributed by atoms with Crippen molar-refractivity contribution < 1.29 is 29.0 Å². The van der Waals surface area contributed by atoms with Gasteiger partial charge in [0.05, 0.1) is 18.2 Å². The van der Waals surface area contributed by atoms with Gasteiger partial charge >= 0.3 is 11.9 Å². The van der Waals surface area contributed by atoms with E-state index >= 15 is 0 Å². The van der Waals surface area contributed by atoms with Gasteiger partial charge in [0.2, 0.25) is 11.4 Å². The number of halogens is 1. The Morgan fingerprint density at radius 3 is 2.48 bits per heavy atom. The third kappa shape index (κ3) is 5.09. The van der Waals surface area contributed by atoms with Gasteiger partial charge in [-0.05, 0) is 31.0 Å². The zero-order chi connectivity index (χ0) is 19.2. The molecule has 2 atom stereocenters. The van der Waals surface area contributed by atoms with Gasteiger partial charge in [-0.3, -0.25) is 4.79 Å². The summed E-state index contributed by atoms with van der Waals surface area (Å²) in [6.45, 7) is 4.57. The fourth-order valence-electron chi connectivity index (χ4n) is 2.17. The number of amides is 1. The minimum atomic E-state index is -2.24. The van der Waals surface area contributed by atoms with Gasteiger partial charge in [0, 0.05) is 13.3 Å². The Bertz CT molecular complexity index is 663. The van der Waals surface area contributed by atoms with Crippen molar-refractivity contribution in [3.05, 3.63) is 28.8 Å². The Morgan fingerprint density at radius 2 is 2.00 bits per heavy atom. The van der Waals surface area contributed by atoms with Gasteiger partial charge in [-0.1, -0.05) is 24.6 Å². The number of methoxy groups -OCH3 is 1. The average Bonchev–Trinajstić information content (AvgIpc) is 2.54. The molecule has 2 N–H and O–H groups in total. The normalized spacial score (nSPS) is 14.1. The number of carboxylic acids is 1. The quantitative estimate of drug-likeness (QED) is 0.536. The largest absolute Gasteiger partial charge is 0.495 e. The summed E-state index contributed by atoms with van der Waals surface area (Å²) in [6.07, 6.45) is -0.291. The molecular weight excluding hydrogens is 350 g/mol. The van der Waals surface area contributed by atoms with Crippen molar-refractivity contribution in [1.29, 1.82) is 0 Å². The van der Waals surface area contributed by atoms with Crippen LogP contribution in [0.4, 0.5) is 0 Å². The first kappa shape index (κ1) is 20.8. The number of carboxylic acid groups (broad SMARTS) is 1. The molecule has 0 heterocycles. The molecule has 0 spiro atoms. The van der Waals surface area contributed by atoms with Crippen molar-refractivity contribution in [1.82, 2.24) is 5.32 Å². The molecule has 0 aliphatic rings. The standard InChI is InChI=1S/C17H22ClNO6/c1-5-10(2)25-16(23)17(15(21)22,19-11(3)20)9-12-6-7-13(18)14(8-12)24-4/h6-8,10H,5,9H2,1-4H3,(H,19,20)(H,21,22). The summed E-state index contributed by atoms with van der Waals surface area (Å²) in [5, 5.41) is 12.3. The topological polar surface area (TPSA) is 102 Å². The van der Waals surface area contributed by atoms with E-state index in [9.17, 15) is 19.5 Å². The number of nitrogens with one attached hydrogen (secondary N) is 1. The van der Waals surface area contributed by atoms with Crippen molar-refractivity contribution in [3.8, 4) is 5.75 Å². The molecule has 1 aromatic carbocycles. The molecule has 0 aromatic heterocycles. The summed E-state index contributed by atoms with van der Waals surface area (Å²) in [5.41, 5.74) is -1.80. The lowest BCUT2D eigenvalue weighted by molar-refractivity contribution is -0.168. The first-order valence-electron chi connectivity index (χ1n) is 7.72. The van der Waals surface area contributed by atoms with Gasteiger partial charge < -0.3 is 19.9 Å². The fourth-order valence-corrected chi connectivity index (χ4v) is 2.37. The van der Waals surface area contributed by atoms with E-state index in [0.717, 1.165) is 6.92 Å². The van der Waals surface area contributed by atoms with Crippen molar-refractivity contribution in [2.75, 3.05) is 7.11 Å². The number of carbonyl (C=O) groups excluding carboxylic acids is 2. The molecule has 25 heavy (non-hydrogen) atoms. The third-order valence-corrected chi connectivity index (χ3v) is 3.98. The van der Waals surface area contributed by atoms with Crippen LogP contribution in [0.1, 0.15) is 32.8 Å². The molecule has 8 heteroatoms. The maximum Gasteiger partial charge on any atom is 0.344 e. The second-order valence-corrected chi connectivity index (χ2v) is 6.07. The van der Waals surface area contributed by atoms with Crippen molar-refractivity contribution in [2.45, 2.75) is 45.3 Å². The first-order chi connectivity index (χ1) is 11.7. The molecular formula is C17H22ClNO6. The number of aliphatic carboxylic acids is 1. The number of hydrogen-bond donors (Lipinski definition) is 2. The van der Waals surface area contributed by atoms with E-state index in [1.165, 1.54) is 19.2 Å². The zero-order valence-corrected chi connectivity index (χ0v) is 15.3. The molecule has 7 nitrogen and oxygen atoms in total. The van der Waals surface area contributed by atoms with Crippen LogP contribution in [-0.2, 0) is 25.5 Å². The van der Waals surface area contributed by atoms with Crippen LogP contribution in [0.25, 0.3) is 0 Å². The molecule has 0 saturated heterocycles. The van der Waals surface area contributed by atoms with Gasteiger partial charge in [-0.2, -0.15) is 0 Å². The predicted molar refractivity (Wildman–Crippen MR) is 91.7 cm³/mol. The van der Waals surface area contributed by atoms with E-state index in [4.69, 9.17) is 21.1 Å². The van der Waals surface area contributed by atoms with E-state index in [2.05, 4.69) is 5.32 Å². The molecule has 138 valence electrons. The van der Waals surface area contributed by atoms with Crippen LogP contribution in [0.3, 0.4) is 0 Å². The van der Waals surface area contributed by atoms with E-state index in [0.29, 0.717) is 22.8 Å². The molecule has 0 radical (unpaired) electrons. The number of benzene rings is 1. The molecule has 0 bridgehead atoms. The van der Waals surface area contributed by atoms with Crippen LogP contribution < -0.4 is 10.1 Å². The number of carbonyl (C=O) groups is 3. The maximum absolute atomic E-state index is 12.6. The molecule has 1 amide bonds. The Balaban J connectivity index is 3.31. The van der Waals surface area contributed by atoms with Gasteiger partial charge in [-0.25, -0.2) is 9.59 Å². The van der Waals surface area contributed by atoms with Crippen molar-refractivity contribution in [2.24, 2.45) is 0 Å². The maximum atomic E-state index is 12.6. The van der Waals surface area contributed by atoms with Gasteiger partial charge in [-0.15, -0.1) is 0 Å². The number of rotatable bonds is 8. The lowest BCUT2D eigenvalue weighted by Gasteiger charge is -2.29. The summed E-state index contributed by atoms with van der Waals surface area (Å²) in [4.78, 5) is 36.0. The molecule has 0 fully saturated rings. The fraction of sp³-hybridized carbons (Fsp3) is 0.471. The van der Waals surface area contributed by atoms with Gasteiger partial charge in [0.1, 0.15) is 5.75 Å². The van der Waals surface area contributed by atoms with Crippen LogP contribution in [-0.4, -0.2) is 41.7 Å². The summed E-state index contributed by atoms with van der Waals surface area (Å²) in [5.74, 6) is -2.87. The number of esters is 1. The number of hydrogen-bond acceptors (Lipinski definition) is 5. The molecule has 1 aromatic rings. The molecule has 0 saturated carbocycles. The Hall–Kier alpha value is -2.28. The summed E-state index contributed by atoms with van der Waals surface area (Å²) < 4.78 is 10.3. The molecule has 2 unspecified atom stereocenters. The summed E-state index contributed by atoms with van der Waals surface area (Å²) in [6, 6.07) is 4.59. The molecule has 0 aliphatic carbocycles. The first-order valence-corrected chi connectivity index (χ1v) is 8.09. The van der Waals surface area contributed by atoms with E-state index in [1.807, 2.05) is 0 Å². The van der Waals surface area contributed by atoms with Crippen LogP contribution in [0, 0.1) is 0 Å². The average molecular weight is 372 g/mol. The highest BCUT2D eigenvalue weighted by molar-refractivity contribution is 6.32. The zero-order valence-electron chi connectivity index (χ0n) is 14.6. The SMILES string of the molecule is CCC(C)OC(=O)C(Cc1ccc(Cl)c(OC)c1)(NC(C)=O)C(=O)O. The van der Waals surface area contributed by atoms with Crippen LogP contribution >= 0.6 is 11.6 Å². The third-order valence-electron chi connectivity index (χ3n) is 3.67. The second-order valence-electron chi connectivity index (χ2n) is 5.66. The highest BCUT2D eigenvalue weighted by Crippen LogP contribution is 2.27. The Labute approximate surface area is 151 Å². The minimum Gasteiger partial charge on any atom is -0.495 e. The smallest absolute Gasteiger partial charge is 0.344 e. The van der Waals surface area contributed by atoms with E-state index in [1.54, 1.807) is 19.9 Å². The van der Waals surface area contributed by atoms with Crippen LogP contribution in [0.5, 0.6) is 5.75 Å². The molecule has 1 rings (SSSR count). The highest BCUT2D eigenvalue weighted by atomic mass is 35.5. The second kappa shape index (κ2) is 8.71. The predicted octanol–water partition coefficient (Wildman–Crippen LogP) is 2.19. The van der Waals surface area contributed by atoms with Crippen LogP contribution in [0.2, 0.25) is 5.02 Å². The Kier molecular flexibility index (Phi) is 7.23. The van der Waals surface area contributed by atoms with E-state index in [-0.39, 0.29) is 6.42 Å². The van der Waals surface area contributed by atoms with E-state index < -0.39 is 29.5 Å². The minimum absolute atomic E-state index is 0.315. The summed E-state index contributed by atoms with van der Waals surface area (Å²) in [7, 11) is 1.42. The summed E-state index contributed by atoms with van der Waals surface area (Å²) >= 11 is 5.96. The van der Waals surface area contributed by atoms with Gasteiger partial charge in [0.25, 0.3) is 0 Å². The van der Waals surface area contributed by atoms with Crippen molar-refractivity contribution in [3.63, 3.8) is 0 Å². The van der Waals surface area contributed by atoms with Crippen LogP contribution in [0.15, 0.2) is 18.2 Å². The lowest BCUT2D eigenvalue weighted by atomic mass is 9.90. The lowest BCUT2D eigenvalue weighted by Crippen LogP contribution is -2.62. The Morgan fingerprint density at radius 1 is 1.36 bits per heavy atom. The van der Waals surface area contributed by atoms with Crippen molar-refractivity contribution >= 4 is 29.4 Å². The number of ether oxygens (including phenoxy) is 2. The van der Waals surface area contributed by atoms with Gasteiger partial charge in [0.15, 0.2) is 0 Å². The monoisotopic (exact) mass is 371 g/mol. The highest BCUT2D eigenvalue weighted by Gasteiger charge is 2.49. The molecule has 0 aliphatic heterocycles.